The summed E-state index contributed by atoms with van der Waals surface area (Å²) >= 11 is 1.96. The standard InChI is InChI=1S/C13H15FINO2/c14-8-1-6-11(12(15)7-8)13(18)16-9-2-4-10(17)5-3-9/h1,6-7,9-10,17H,2-5H2,(H,16,18). The van der Waals surface area contributed by atoms with Crippen LogP contribution in [0.15, 0.2) is 18.2 Å². The highest BCUT2D eigenvalue weighted by molar-refractivity contribution is 14.1. The van der Waals surface area contributed by atoms with Crippen LogP contribution in [-0.4, -0.2) is 23.2 Å². The minimum atomic E-state index is -0.336. The van der Waals surface area contributed by atoms with Crippen LogP contribution in [0, 0.1) is 9.39 Å². The van der Waals surface area contributed by atoms with Gasteiger partial charge >= 0.3 is 0 Å². The molecule has 3 nitrogen and oxygen atoms in total. The van der Waals surface area contributed by atoms with E-state index in [-0.39, 0.29) is 23.9 Å². The third kappa shape index (κ3) is 3.41. The Morgan fingerprint density at radius 1 is 1.33 bits per heavy atom. The van der Waals surface area contributed by atoms with Crippen LogP contribution in [-0.2, 0) is 0 Å². The molecule has 0 bridgehead atoms. The molecule has 0 spiro atoms. The Labute approximate surface area is 119 Å². The fraction of sp³-hybridized carbons (Fsp3) is 0.462. The van der Waals surface area contributed by atoms with E-state index < -0.39 is 0 Å². The van der Waals surface area contributed by atoms with Gasteiger partial charge in [0, 0.05) is 9.61 Å². The zero-order valence-corrected chi connectivity index (χ0v) is 12.0. The summed E-state index contributed by atoms with van der Waals surface area (Å²) in [6.45, 7) is 0. The number of carbonyl (C=O) groups is 1. The van der Waals surface area contributed by atoms with Crippen LogP contribution in [0.5, 0.6) is 0 Å². The lowest BCUT2D eigenvalue weighted by atomic mass is 9.93. The van der Waals surface area contributed by atoms with E-state index in [0.717, 1.165) is 25.7 Å². The molecule has 1 aromatic carbocycles. The van der Waals surface area contributed by atoms with E-state index in [1.54, 1.807) is 0 Å². The first kappa shape index (κ1) is 13.7. The first-order chi connectivity index (χ1) is 8.56. The van der Waals surface area contributed by atoms with E-state index in [1.165, 1.54) is 18.2 Å². The summed E-state index contributed by atoms with van der Waals surface area (Å²) in [5.74, 6) is -0.502. The van der Waals surface area contributed by atoms with Crippen LogP contribution in [0.25, 0.3) is 0 Å². The van der Waals surface area contributed by atoms with Gasteiger partial charge in [-0.3, -0.25) is 4.79 Å². The molecule has 0 saturated heterocycles. The third-order valence-electron chi connectivity index (χ3n) is 3.21. The Bertz CT molecular complexity index is 445. The Balaban J connectivity index is 1.99. The average Bonchev–Trinajstić information content (AvgIpc) is 2.32. The zero-order chi connectivity index (χ0) is 13.1. The van der Waals surface area contributed by atoms with Gasteiger partial charge in [-0.1, -0.05) is 0 Å². The summed E-state index contributed by atoms with van der Waals surface area (Å²) in [4.78, 5) is 12.0. The van der Waals surface area contributed by atoms with Gasteiger partial charge in [-0.2, -0.15) is 0 Å². The van der Waals surface area contributed by atoms with Crippen molar-refractivity contribution in [2.75, 3.05) is 0 Å². The van der Waals surface area contributed by atoms with Crippen molar-refractivity contribution in [3.8, 4) is 0 Å². The van der Waals surface area contributed by atoms with Crippen molar-refractivity contribution in [2.45, 2.75) is 37.8 Å². The maximum Gasteiger partial charge on any atom is 0.252 e. The maximum absolute atomic E-state index is 12.9. The molecule has 1 aliphatic carbocycles. The number of amides is 1. The fourth-order valence-electron chi connectivity index (χ4n) is 2.16. The molecule has 1 aliphatic rings. The largest absolute Gasteiger partial charge is 0.393 e. The van der Waals surface area contributed by atoms with Crippen LogP contribution >= 0.6 is 22.6 Å². The number of nitrogens with one attached hydrogen (secondary N) is 1. The number of benzene rings is 1. The number of halogens is 2. The van der Waals surface area contributed by atoms with Gasteiger partial charge in [0.15, 0.2) is 0 Å². The van der Waals surface area contributed by atoms with Gasteiger partial charge in [0.05, 0.1) is 11.7 Å². The third-order valence-corrected chi connectivity index (χ3v) is 4.10. The summed E-state index contributed by atoms with van der Waals surface area (Å²) in [5, 5.41) is 12.3. The highest BCUT2D eigenvalue weighted by Gasteiger charge is 2.22. The van der Waals surface area contributed by atoms with E-state index in [0.29, 0.717) is 9.13 Å². The first-order valence-corrected chi connectivity index (χ1v) is 7.08. The molecule has 2 rings (SSSR count). The summed E-state index contributed by atoms with van der Waals surface area (Å²) in [7, 11) is 0. The van der Waals surface area contributed by atoms with E-state index in [9.17, 15) is 14.3 Å². The normalized spacial score (nSPS) is 23.7. The van der Waals surface area contributed by atoms with Gasteiger partial charge in [-0.25, -0.2) is 4.39 Å². The average molecular weight is 363 g/mol. The molecule has 0 aliphatic heterocycles. The van der Waals surface area contributed by atoms with E-state index in [2.05, 4.69) is 5.32 Å². The van der Waals surface area contributed by atoms with E-state index in [4.69, 9.17) is 0 Å². The minimum Gasteiger partial charge on any atom is -0.393 e. The van der Waals surface area contributed by atoms with Crippen LogP contribution in [0.1, 0.15) is 36.0 Å². The number of carbonyl (C=O) groups excluding carboxylic acids is 1. The topological polar surface area (TPSA) is 49.3 Å². The molecular formula is C13H15FINO2. The van der Waals surface area contributed by atoms with Gasteiger partial charge in [0.25, 0.3) is 5.91 Å². The number of rotatable bonds is 2. The zero-order valence-electron chi connectivity index (χ0n) is 9.83. The van der Waals surface area contributed by atoms with Gasteiger partial charge in [-0.15, -0.1) is 0 Å². The second-order valence-corrected chi connectivity index (χ2v) is 5.77. The summed E-state index contributed by atoms with van der Waals surface area (Å²) in [6, 6.07) is 4.26. The van der Waals surface area contributed by atoms with Crippen molar-refractivity contribution in [3.63, 3.8) is 0 Å². The lowest BCUT2D eigenvalue weighted by molar-refractivity contribution is 0.0867. The van der Waals surface area contributed by atoms with E-state index >= 15 is 0 Å². The molecular weight excluding hydrogens is 348 g/mol. The van der Waals surface area contributed by atoms with Crippen molar-refractivity contribution >= 4 is 28.5 Å². The van der Waals surface area contributed by atoms with Gasteiger partial charge in [0.1, 0.15) is 5.82 Å². The number of aliphatic hydroxyl groups excluding tert-OH is 1. The maximum atomic E-state index is 12.9. The van der Waals surface area contributed by atoms with Crippen molar-refractivity contribution in [1.82, 2.24) is 5.32 Å². The number of aliphatic hydroxyl groups is 1. The molecule has 0 aromatic heterocycles. The number of hydrogen-bond acceptors (Lipinski definition) is 2. The van der Waals surface area contributed by atoms with Crippen molar-refractivity contribution in [3.05, 3.63) is 33.1 Å². The Morgan fingerprint density at radius 2 is 2.00 bits per heavy atom. The molecule has 1 aromatic rings. The lowest BCUT2D eigenvalue weighted by Gasteiger charge is -2.26. The molecule has 1 amide bonds. The molecule has 0 atom stereocenters. The van der Waals surface area contributed by atoms with Crippen LogP contribution in [0.3, 0.4) is 0 Å². The van der Waals surface area contributed by atoms with Crippen LogP contribution < -0.4 is 5.32 Å². The predicted octanol–water partition coefficient (Wildman–Crippen LogP) is 2.46. The predicted molar refractivity (Wildman–Crippen MR) is 74.8 cm³/mol. The molecule has 98 valence electrons. The summed E-state index contributed by atoms with van der Waals surface area (Å²) in [6.07, 6.45) is 2.82. The molecule has 5 heteroatoms. The van der Waals surface area contributed by atoms with Crippen LogP contribution in [0.4, 0.5) is 4.39 Å². The highest BCUT2D eigenvalue weighted by Crippen LogP contribution is 2.20. The summed E-state index contributed by atoms with van der Waals surface area (Å²) in [5.41, 5.74) is 0.503. The van der Waals surface area contributed by atoms with Crippen molar-refractivity contribution in [1.29, 1.82) is 0 Å². The Morgan fingerprint density at radius 3 is 2.61 bits per heavy atom. The fourth-order valence-corrected chi connectivity index (χ4v) is 2.88. The van der Waals surface area contributed by atoms with Gasteiger partial charge < -0.3 is 10.4 Å². The quantitative estimate of drug-likeness (QED) is 0.794. The molecule has 0 radical (unpaired) electrons. The minimum absolute atomic E-state index is 0.113. The van der Waals surface area contributed by atoms with Gasteiger partial charge in [0.2, 0.25) is 0 Å². The smallest absolute Gasteiger partial charge is 0.252 e. The first-order valence-electron chi connectivity index (χ1n) is 6.00. The monoisotopic (exact) mass is 363 g/mol. The molecule has 2 N–H and O–H groups in total. The molecule has 0 unspecified atom stereocenters. The molecule has 18 heavy (non-hydrogen) atoms. The molecule has 1 fully saturated rings. The van der Waals surface area contributed by atoms with Crippen LogP contribution in [0.2, 0.25) is 0 Å². The van der Waals surface area contributed by atoms with E-state index in [1.807, 2.05) is 22.6 Å². The second-order valence-electron chi connectivity index (χ2n) is 4.60. The van der Waals surface area contributed by atoms with Gasteiger partial charge in [-0.05, 0) is 66.5 Å². The second kappa shape index (κ2) is 5.97. The van der Waals surface area contributed by atoms with Crippen molar-refractivity contribution < 1.29 is 14.3 Å². The van der Waals surface area contributed by atoms with Crippen molar-refractivity contribution in [2.24, 2.45) is 0 Å². The summed E-state index contributed by atoms with van der Waals surface area (Å²) < 4.78 is 13.6. The molecule has 1 saturated carbocycles. The highest BCUT2D eigenvalue weighted by atomic mass is 127. The SMILES string of the molecule is O=C(NC1CCC(O)CC1)c1ccc(F)cc1I. The number of hydrogen-bond donors (Lipinski definition) is 2. The Kier molecular flexibility index (Phi) is 4.55. The Hall–Kier alpha value is -0.690. The lowest BCUT2D eigenvalue weighted by Crippen LogP contribution is -2.38. The molecule has 0 heterocycles.